The summed E-state index contributed by atoms with van der Waals surface area (Å²) < 4.78 is 50.6. The number of aromatic nitrogens is 2. The van der Waals surface area contributed by atoms with Crippen molar-refractivity contribution in [3.63, 3.8) is 0 Å². The summed E-state index contributed by atoms with van der Waals surface area (Å²) in [4.78, 5) is 29.0. The predicted molar refractivity (Wildman–Crippen MR) is 157 cm³/mol. The lowest BCUT2D eigenvalue weighted by atomic mass is 9.91. The highest BCUT2D eigenvalue weighted by Crippen LogP contribution is 2.44. The number of carbonyl (C=O) groups excluding carboxylic acids is 1. The highest BCUT2D eigenvalue weighted by Gasteiger charge is 2.41. The van der Waals surface area contributed by atoms with Crippen LogP contribution in [0.2, 0.25) is 0 Å². The number of methoxy groups -OCH3 is 1. The van der Waals surface area contributed by atoms with E-state index in [0.717, 1.165) is 23.1 Å². The predicted octanol–water partition coefficient (Wildman–Crippen LogP) is 6.78. The molecule has 1 amide bonds. The van der Waals surface area contributed by atoms with Crippen molar-refractivity contribution in [2.75, 3.05) is 26.8 Å². The molecular formula is C33H36F3N3O3. The van der Waals surface area contributed by atoms with Gasteiger partial charge in [0, 0.05) is 74.5 Å². The van der Waals surface area contributed by atoms with Crippen LogP contribution >= 0.6 is 0 Å². The van der Waals surface area contributed by atoms with E-state index >= 15 is 0 Å². The van der Waals surface area contributed by atoms with Crippen LogP contribution in [0.3, 0.4) is 0 Å². The third-order valence-electron chi connectivity index (χ3n) is 8.11. The van der Waals surface area contributed by atoms with Crippen LogP contribution in [0.15, 0.2) is 71.7 Å². The van der Waals surface area contributed by atoms with Crippen LogP contribution in [-0.4, -0.2) is 47.2 Å². The van der Waals surface area contributed by atoms with Crippen molar-refractivity contribution in [3.8, 4) is 11.1 Å². The van der Waals surface area contributed by atoms with E-state index in [-0.39, 0.29) is 23.4 Å². The SMILES string of the molecule is COCCCn1c(C2CCCN(C(=O)CCCc3ccc(-c4ccc(=O)[nH]c4)cc3)C2)c(C(F)(F)F)c2ccccc21. The molecule has 5 rings (SSSR count). The first-order valence-corrected chi connectivity index (χ1v) is 14.5. The fourth-order valence-corrected chi connectivity index (χ4v) is 6.14. The number of H-pyrrole nitrogens is 1. The number of likely N-dealkylation sites (tertiary alicyclic amines) is 1. The summed E-state index contributed by atoms with van der Waals surface area (Å²) in [5, 5.41) is 0.215. The van der Waals surface area contributed by atoms with Crippen LogP contribution in [-0.2, 0) is 28.7 Å². The second kappa shape index (κ2) is 13.0. The molecule has 0 aliphatic carbocycles. The largest absolute Gasteiger partial charge is 0.418 e. The summed E-state index contributed by atoms with van der Waals surface area (Å²) in [5.74, 6) is -0.407. The molecule has 1 unspecified atom stereocenters. The maximum absolute atomic E-state index is 14.5. The molecule has 0 radical (unpaired) electrons. The van der Waals surface area contributed by atoms with Crippen LogP contribution in [0.5, 0.6) is 0 Å². The van der Waals surface area contributed by atoms with Gasteiger partial charge in [-0.3, -0.25) is 9.59 Å². The number of pyridine rings is 1. The van der Waals surface area contributed by atoms with Gasteiger partial charge in [-0.25, -0.2) is 0 Å². The zero-order valence-electron chi connectivity index (χ0n) is 23.8. The smallest absolute Gasteiger partial charge is 0.385 e. The van der Waals surface area contributed by atoms with Crippen LogP contribution in [0.25, 0.3) is 22.0 Å². The summed E-state index contributed by atoms with van der Waals surface area (Å²) in [6, 6.07) is 18.0. The summed E-state index contributed by atoms with van der Waals surface area (Å²) >= 11 is 0. The Morgan fingerprint density at radius 2 is 1.79 bits per heavy atom. The number of aromatic amines is 1. The van der Waals surface area contributed by atoms with Crippen LogP contribution in [0.1, 0.15) is 54.8 Å². The maximum atomic E-state index is 14.5. The van der Waals surface area contributed by atoms with Gasteiger partial charge in [0.15, 0.2) is 0 Å². The number of para-hydroxylation sites is 1. The molecule has 1 N–H and O–H groups in total. The molecule has 42 heavy (non-hydrogen) atoms. The van der Waals surface area contributed by atoms with Gasteiger partial charge >= 0.3 is 6.18 Å². The van der Waals surface area contributed by atoms with Crippen LogP contribution in [0.4, 0.5) is 13.2 Å². The van der Waals surface area contributed by atoms with Gasteiger partial charge in [-0.1, -0.05) is 42.5 Å². The van der Waals surface area contributed by atoms with Crippen LogP contribution < -0.4 is 5.56 Å². The standard InChI is InChI=1S/C33H36F3N3O3/c1-42-20-6-19-39-28-10-3-2-9-27(28)31(33(34,35)36)32(39)26-8-5-18-38(22-26)30(41)11-4-7-23-12-14-24(15-13-23)25-16-17-29(40)37-21-25/h2-3,9-10,12-17,21,26H,4-8,11,18-20,22H2,1H3,(H,37,40). The summed E-state index contributed by atoms with van der Waals surface area (Å²) in [6.07, 6.45) is 0.774. The zero-order chi connectivity index (χ0) is 29.7. The average molecular weight is 580 g/mol. The monoisotopic (exact) mass is 579 g/mol. The van der Waals surface area contributed by atoms with E-state index in [0.29, 0.717) is 63.0 Å². The Labute approximate surface area is 243 Å². The first-order valence-electron chi connectivity index (χ1n) is 14.5. The number of nitrogens with one attached hydrogen (secondary N) is 1. The highest BCUT2D eigenvalue weighted by atomic mass is 19.4. The number of fused-ring (bicyclic) bond motifs is 1. The summed E-state index contributed by atoms with van der Waals surface area (Å²) in [7, 11) is 1.59. The Bertz CT molecular complexity index is 1550. The van der Waals surface area contributed by atoms with E-state index in [1.807, 2.05) is 28.8 Å². The van der Waals surface area contributed by atoms with Crippen LogP contribution in [0, 0.1) is 0 Å². The number of rotatable bonds is 10. The van der Waals surface area contributed by atoms with Crippen molar-refractivity contribution in [1.82, 2.24) is 14.5 Å². The summed E-state index contributed by atoms with van der Waals surface area (Å²) in [5.41, 5.74) is 3.16. The quantitative estimate of drug-likeness (QED) is 0.211. The number of aryl methyl sites for hydroxylation is 2. The molecule has 0 bridgehead atoms. The number of ether oxygens (including phenoxy) is 1. The molecule has 4 aromatic rings. The Kier molecular flexibility index (Phi) is 9.16. The van der Waals surface area contributed by atoms with Crippen molar-refractivity contribution >= 4 is 16.8 Å². The van der Waals surface area contributed by atoms with Gasteiger partial charge in [0.05, 0.1) is 5.56 Å². The molecule has 222 valence electrons. The number of carbonyl (C=O) groups is 1. The van der Waals surface area contributed by atoms with Crippen molar-refractivity contribution in [1.29, 1.82) is 0 Å². The molecule has 2 aromatic heterocycles. The van der Waals surface area contributed by atoms with Crippen molar-refractivity contribution in [2.45, 2.75) is 57.2 Å². The van der Waals surface area contributed by atoms with E-state index in [2.05, 4.69) is 4.98 Å². The van der Waals surface area contributed by atoms with Gasteiger partial charge in [0.25, 0.3) is 0 Å². The normalized spacial score (nSPS) is 15.8. The number of halogens is 3. The molecule has 0 saturated carbocycles. The van der Waals surface area contributed by atoms with E-state index in [4.69, 9.17) is 4.74 Å². The number of nitrogens with zero attached hydrogens (tertiary/aromatic N) is 2. The molecule has 1 aliphatic heterocycles. The molecule has 3 heterocycles. The van der Waals surface area contributed by atoms with Crippen molar-refractivity contribution in [2.24, 2.45) is 0 Å². The summed E-state index contributed by atoms with van der Waals surface area (Å²) in [6.45, 7) is 1.73. The van der Waals surface area contributed by atoms with Gasteiger partial charge in [0.1, 0.15) is 0 Å². The molecule has 1 saturated heterocycles. The van der Waals surface area contributed by atoms with Gasteiger partial charge in [-0.15, -0.1) is 0 Å². The number of hydrogen-bond donors (Lipinski definition) is 1. The maximum Gasteiger partial charge on any atom is 0.418 e. The lowest BCUT2D eigenvalue weighted by molar-refractivity contribution is -0.137. The molecule has 6 nitrogen and oxygen atoms in total. The Morgan fingerprint density at radius 1 is 1.02 bits per heavy atom. The lowest BCUT2D eigenvalue weighted by Gasteiger charge is -2.34. The van der Waals surface area contributed by atoms with E-state index in [1.165, 1.54) is 6.07 Å². The number of alkyl halides is 3. The number of benzene rings is 2. The lowest BCUT2D eigenvalue weighted by Crippen LogP contribution is -2.40. The van der Waals surface area contributed by atoms with Gasteiger partial charge < -0.3 is 19.2 Å². The average Bonchev–Trinajstić information content (AvgIpc) is 3.33. The third kappa shape index (κ3) is 6.62. The fourth-order valence-electron chi connectivity index (χ4n) is 6.14. The molecule has 0 spiro atoms. The first kappa shape index (κ1) is 29.6. The molecule has 2 aromatic carbocycles. The minimum absolute atomic E-state index is 0.0137. The number of amides is 1. The number of piperidine rings is 1. The highest BCUT2D eigenvalue weighted by molar-refractivity contribution is 5.86. The van der Waals surface area contributed by atoms with Gasteiger partial charge in [-0.2, -0.15) is 13.2 Å². The van der Waals surface area contributed by atoms with E-state index < -0.39 is 17.7 Å². The first-order chi connectivity index (χ1) is 20.3. The molecule has 1 aliphatic rings. The van der Waals surface area contributed by atoms with E-state index in [9.17, 15) is 22.8 Å². The Morgan fingerprint density at radius 3 is 2.50 bits per heavy atom. The van der Waals surface area contributed by atoms with Crippen molar-refractivity contribution < 1.29 is 22.7 Å². The second-order valence-corrected chi connectivity index (χ2v) is 10.9. The third-order valence-corrected chi connectivity index (χ3v) is 8.11. The topological polar surface area (TPSA) is 67.3 Å². The zero-order valence-corrected chi connectivity index (χ0v) is 23.8. The number of hydrogen-bond acceptors (Lipinski definition) is 3. The Balaban J connectivity index is 1.27. The minimum Gasteiger partial charge on any atom is -0.385 e. The molecule has 1 fully saturated rings. The molecule has 9 heteroatoms. The van der Waals surface area contributed by atoms with Gasteiger partial charge in [-0.05, 0) is 60.9 Å². The molecule has 1 atom stereocenters. The van der Waals surface area contributed by atoms with Crippen molar-refractivity contribution in [3.05, 3.63) is 94.0 Å². The van der Waals surface area contributed by atoms with Gasteiger partial charge in [0.2, 0.25) is 11.5 Å². The Hall–Kier alpha value is -3.85. The molecular weight excluding hydrogens is 543 g/mol. The fraction of sp³-hybridized carbons (Fsp3) is 0.394. The minimum atomic E-state index is -4.50. The van der Waals surface area contributed by atoms with E-state index in [1.54, 1.807) is 48.5 Å². The second-order valence-electron chi connectivity index (χ2n) is 10.9.